The van der Waals surface area contributed by atoms with E-state index in [4.69, 9.17) is 9.26 Å². The molecule has 0 bridgehead atoms. The Bertz CT molecular complexity index is 800. The number of amides is 1. The number of allylic oxidation sites excluding steroid dienone is 3. The Labute approximate surface area is 152 Å². The van der Waals surface area contributed by atoms with Crippen LogP contribution in [-0.4, -0.2) is 45.4 Å². The Morgan fingerprint density at radius 1 is 1.23 bits per heavy atom. The Morgan fingerprint density at radius 3 is 2.62 bits per heavy atom. The molecule has 0 radical (unpaired) electrons. The molecule has 0 unspecified atom stereocenters. The second-order valence-electron chi connectivity index (χ2n) is 7.40. The Morgan fingerprint density at radius 2 is 2.00 bits per heavy atom. The lowest BCUT2D eigenvalue weighted by Gasteiger charge is -2.45. The molecule has 1 aromatic heterocycles. The number of hydrogen-bond acceptors (Lipinski definition) is 7. The molecule has 2 fully saturated rings. The maximum absolute atomic E-state index is 11.7. The molecular weight excluding hydrogens is 334 g/mol. The van der Waals surface area contributed by atoms with E-state index in [0.717, 1.165) is 31.6 Å². The van der Waals surface area contributed by atoms with Crippen molar-refractivity contribution in [2.24, 2.45) is 0 Å². The van der Waals surface area contributed by atoms with Gasteiger partial charge in [0.2, 0.25) is 0 Å². The zero-order chi connectivity index (χ0) is 18.4. The van der Waals surface area contributed by atoms with Crippen LogP contribution in [0.25, 0.3) is 0 Å². The maximum atomic E-state index is 11.7. The molecule has 3 aliphatic heterocycles. The largest absolute Gasteiger partial charge is 0.440 e. The Hall–Kier alpha value is -2.77. The Balaban J connectivity index is 1.45. The number of aromatic nitrogens is 2. The highest BCUT2D eigenvalue weighted by Gasteiger charge is 2.55. The van der Waals surface area contributed by atoms with Crippen LogP contribution in [0.1, 0.15) is 32.5 Å². The average molecular weight is 357 g/mol. The topological polar surface area (TPSA) is 83.7 Å². The number of anilines is 1. The first-order valence-corrected chi connectivity index (χ1v) is 8.80. The standard InChI is InChI=1S/C18H23N5O3/c1-13-19-15(26-21-13)23-9-4-5-14(6-10-23)22-11-7-18(8-12-22)17(2,3)20-16(24)25-18/h4-6,9-10H,7-8,11-12H2,1-3H3,(H,20,24). The summed E-state index contributed by atoms with van der Waals surface area (Å²) < 4.78 is 10.9. The van der Waals surface area contributed by atoms with Crippen LogP contribution in [-0.2, 0) is 4.74 Å². The fraction of sp³-hybridized carbons (Fsp3) is 0.500. The first-order valence-electron chi connectivity index (χ1n) is 8.80. The van der Waals surface area contributed by atoms with E-state index in [-0.39, 0.29) is 11.6 Å². The predicted octanol–water partition coefficient (Wildman–Crippen LogP) is 2.46. The molecule has 138 valence electrons. The minimum absolute atomic E-state index is 0.314. The van der Waals surface area contributed by atoms with Gasteiger partial charge in [0, 0.05) is 44.0 Å². The van der Waals surface area contributed by atoms with E-state index in [9.17, 15) is 4.79 Å². The first kappa shape index (κ1) is 16.7. The zero-order valence-electron chi connectivity index (χ0n) is 15.2. The van der Waals surface area contributed by atoms with Gasteiger partial charge in [-0.2, -0.15) is 4.98 Å². The van der Waals surface area contributed by atoms with Crippen molar-refractivity contribution in [3.8, 4) is 0 Å². The summed E-state index contributed by atoms with van der Waals surface area (Å²) in [4.78, 5) is 20.1. The Kier molecular flexibility index (Phi) is 3.78. The van der Waals surface area contributed by atoms with Gasteiger partial charge in [-0.3, -0.25) is 4.90 Å². The van der Waals surface area contributed by atoms with Gasteiger partial charge in [0.25, 0.3) is 0 Å². The van der Waals surface area contributed by atoms with Gasteiger partial charge in [-0.05, 0) is 39.0 Å². The number of nitrogens with zero attached hydrogens (tertiary/aromatic N) is 4. The molecule has 1 N–H and O–H groups in total. The molecule has 1 amide bonds. The number of carbonyl (C=O) groups excluding carboxylic acids is 1. The lowest BCUT2D eigenvalue weighted by Crippen LogP contribution is -2.57. The number of nitrogens with one attached hydrogen (secondary N) is 1. The third-order valence-corrected chi connectivity index (χ3v) is 5.44. The van der Waals surface area contributed by atoms with Crippen LogP contribution in [0.5, 0.6) is 0 Å². The molecule has 3 aliphatic rings. The molecule has 2 saturated heterocycles. The SMILES string of the molecule is Cc1noc(N2C=CC=C(N3CCC4(CC3)OC(=O)NC4(C)C)C=C2)n1. The van der Waals surface area contributed by atoms with Gasteiger partial charge in [0.05, 0.1) is 5.54 Å². The van der Waals surface area contributed by atoms with Crippen LogP contribution >= 0.6 is 0 Å². The van der Waals surface area contributed by atoms with Gasteiger partial charge in [0.15, 0.2) is 5.82 Å². The van der Waals surface area contributed by atoms with E-state index in [1.54, 1.807) is 11.8 Å². The van der Waals surface area contributed by atoms with Crippen molar-refractivity contribution in [2.45, 2.75) is 44.8 Å². The average Bonchev–Trinajstić information content (AvgIpc) is 2.99. The predicted molar refractivity (Wildman–Crippen MR) is 95.1 cm³/mol. The lowest BCUT2D eigenvalue weighted by molar-refractivity contribution is -0.0338. The van der Waals surface area contributed by atoms with Crippen molar-refractivity contribution in [3.63, 3.8) is 0 Å². The van der Waals surface area contributed by atoms with Crippen molar-refractivity contribution in [3.05, 3.63) is 42.1 Å². The summed E-state index contributed by atoms with van der Waals surface area (Å²) in [5.41, 5.74) is 0.319. The summed E-state index contributed by atoms with van der Waals surface area (Å²) in [6, 6.07) is 0.438. The van der Waals surface area contributed by atoms with Gasteiger partial charge in [-0.15, -0.1) is 0 Å². The zero-order valence-corrected chi connectivity index (χ0v) is 15.2. The minimum atomic E-state index is -0.432. The normalized spacial score (nSPS) is 23.7. The fourth-order valence-electron chi connectivity index (χ4n) is 3.78. The highest BCUT2D eigenvalue weighted by Crippen LogP contribution is 2.41. The molecule has 8 heteroatoms. The third kappa shape index (κ3) is 2.75. The van der Waals surface area contributed by atoms with Crippen LogP contribution in [0.15, 0.2) is 40.8 Å². The van der Waals surface area contributed by atoms with Crippen molar-refractivity contribution in [2.75, 3.05) is 18.0 Å². The molecule has 0 aromatic carbocycles. The van der Waals surface area contributed by atoms with Gasteiger partial charge in [-0.25, -0.2) is 4.79 Å². The number of ether oxygens (including phenoxy) is 1. The van der Waals surface area contributed by atoms with E-state index < -0.39 is 5.60 Å². The molecule has 0 aliphatic carbocycles. The number of alkyl carbamates (subject to hydrolysis) is 1. The van der Waals surface area contributed by atoms with Crippen molar-refractivity contribution in [1.29, 1.82) is 0 Å². The van der Waals surface area contributed by atoms with Crippen molar-refractivity contribution in [1.82, 2.24) is 20.4 Å². The number of rotatable bonds is 2. The summed E-state index contributed by atoms with van der Waals surface area (Å²) >= 11 is 0. The summed E-state index contributed by atoms with van der Waals surface area (Å²) in [6.45, 7) is 7.50. The van der Waals surface area contributed by atoms with E-state index >= 15 is 0 Å². The van der Waals surface area contributed by atoms with Gasteiger partial charge >= 0.3 is 12.1 Å². The molecule has 26 heavy (non-hydrogen) atoms. The minimum Gasteiger partial charge on any atom is -0.440 e. The van der Waals surface area contributed by atoms with Crippen molar-refractivity contribution >= 4 is 12.1 Å². The molecule has 4 heterocycles. The number of piperidine rings is 1. The number of likely N-dealkylation sites (tertiary alicyclic amines) is 1. The van der Waals surface area contributed by atoms with Crippen molar-refractivity contribution < 1.29 is 14.1 Å². The van der Waals surface area contributed by atoms with E-state index in [1.165, 1.54) is 0 Å². The molecule has 1 spiro atoms. The fourth-order valence-corrected chi connectivity index (χ4v) is 3.78. The highest BCUT2D eigenvalue weighted by molar-refractivity contribution is 5.72. The van der Waals surface area contributed by atoms with Crippen LogP contribution in [0, 0.1) is 6.92 Å². The number of carbonyl (C=O) groups is 1. The second-order valence-corrected chi connectivity index (χ2v) is 7.40. The van der Waals surface area contributed by atoms with Gasteiger partial charge in [0.1, 0.15) is 5.60 Å². The monoisotopic (exact) mass is 357 g/mol. The molecule has 1 aromatic rings. The quantitative estimate of drug-likeness (QED) is 0.870. The summed E-state index contributed by atoms with van der Waals surface area (Å²) in [6.07, 6.45) is 11.1. The molecule has 4 rings (SSSR count). The molecule has 0 atom stereocenters. The van der Waals surface area contributed by atoms with Gasteiger partial charge in [-0.1, -0.05) is 5.16 Å². The van der Waals surface area contributed by atoms with Crippen LogP contribution < -0.4 is 10.2 Å². The maximum Gasteiger partial charge on any atom is 0.408 e. The molecular formula is C18H23N5O3. The van der Waals surface area contributed by atoms with Crippen LogP contribution in [0.2, 0.25) is 0 Å². The third-order valence-electron chi connectivity index (χ3n) is 5.44. The molecule has 8 nitrogen and oxygen atoms in total. The summed E-state index contributed by atoms with van der Waals surface area (Å²) in [5.74, 6) is 0.600. The lowest BCUT2D eigenvalue weighted by atomic mass is 9.76. The first-order chi connectivity index (χ1) is 12.4. The molecule has 0 saturated carbocycles. The number of aryl methyl sites for hydroxylation is 1. The van der Waals surface area contributed by atoms with E-state index in [0.29, 0.717) is 11.8 Å². The van der Waals surface area contributed by atoms with Crippen LogP contribution in [0.4, 0.5) is 10.8 Å². The smallest absolute Gasteiger partial charge is 0.408 e. The van der Waals surface area contributed by atoms with Crippen LogP contribution in [0.3, 0.4) is 0 Å². The van der Waals surface area contributed by atoms with E-state index in [1.807, 2.05) is 38.4 Å². The van der Waals surface area contributed by atoms with E-state index in [2.05, 4.69) is 26.4 Å². The highest BCUT2D eigenvalue weighted by atomic mass is 16.6. The summed E-state index contributed by atoms with van der Waals surface area (Å²) in [7, 11) is 0. The number of hydrogen-bond donors (Lipinski definition) is 1. The van der Waals surface area contributed by atoms with Gasteiger partial charge < -0.3 is 19.5 Å². The summed E-state index contributed by atoms with van der Waals surface area (Å²) in [5, 5.41) is 6.76. The second kappa shape index (κ2) is 5.89.